The number of hydrogen-bond acceptors (Lipinski definition) is 4. The van der Waals surface area contributed by atoms with E-state index in [2.05, 4.69) is 24.1 Å². The van der Waals surface area contributed by atoms with E-state index >= 15 is 0 Å². The number of likely N-dealkylation sites (tertiary alicyclic amines) is 1. The first-order valence-corrected chi connectivity index (χ1v) is 9.67. The summed E-state index contributed by atoms with van der Waals surface area (Å²) in [6.07, 6.45) is 3.38. The van der Waals surface area contributed by atoms with Crippen LogP contribution < -0.4 is 5.32 Å². The third-order valence-electron chi connectivity index (χ3n) is 4.63. The first kappa shape index (κ1) is 19.5. The Labute approximate surface area is 148 Å². The van der Waals surface area contributed by atoms with Gasteiger partial charge in [0.05, 0.1) is 0 Å². The molecule has 2 aliphatic rings. The van der Waals surface area contributed by atoms with E-state index in [1.165, 1.54) is 6.42 Å². The maximum Gasteiger partial charge on any atom is 0.410 e. The average Bonchev–Trinajstić information content (AvgIpc) is 3.17. The molecule has 1 unspecified atom stereocenters. The Hall–Kier alpha value is -0.810. The Morgan fingerprint density at radius 2 is 2.00 bits per heavy atom. The first-order valence-electron chi connectivity index (χ1n) is 9.67. The SMILES string of the molecule is CC(C)CNCC1CCN(CCN(C(=O)OC(C)(C)C)C2CC2)C1. The molecule has 24 heavy (non-hydrogen) atoms. The van der Waals surface area contributed by atoms with Crippen molar-refractivity contribution in [3.05, 3.63) is 0 Å². The zero-order chi connectivity index (χ0) is 17.7. The summed E-state index contributed by atoms with van der Waals surface area (Å²) < 4.78 is 5.57. The van der Waals surface area contributed by atoms with E-state index in [1.54, 1.807) is 0 Å². The topological polar surface area (TPSA) is 44.8 Å². The Balaban J connectivity index is 1.70. The van der Waals surface area contributed by atoms with Crippen LogP contribution in [0.2, 0.25) is 0 Å². The van der Waals surface area contributed by atoms with Gasteiger partial charge in [-0.25, -0.2) is 4.79 Å². The minimum atomic E-state index is -0.412. The van der Waals surface area contributed by atoms with Crippen LogP contribution in [0.1, 0.15) is 53.9 Å². The van der Waals surface area contributed by atoms with Crippen molar-refractivity contribution in [1.29, 1.82) is 0 Å². The van der Waals surface area contributed by atoms with Crippen molar-refractivity contribution < 1.29 is 9.53 Å². The molecule has 0 aromatic heterocycles. The van der Waals surface area contributed by atoms with Gasteiger partial charge >= 0.3 is 6.09 Å². The lowest BCUT2D eigenvalue weighted by Crippen LogP contribution is -2.42. The van der Waals surface area contributed by atoms with Gasteiger partial charge in [-0.05, 0) is 71.5 Å². The van der Waals surface area contributed by atoms with Gasteiger partial charge in [-0.1, -0.05) is 13.8 Å². The summed E-state index contributed by atoms with van der Waals surface area (Å²) in [5, 5.41) is 3.57. The molecule has 5 heteroatoms. The van der Waals surface area contributed by atoms with Gasteiger partial charge in [0, 0.05) is 25.7 Å². The van der Waals surface area contributed by atoms with Gasteiger partial charge < -0.3 is 19.9 Å². The fourth-order valence-electron chi connectivity index (χ4n) is 3.24. The lowest BCUT2D eigenvalue weighted by atomic mass is 10.1. The van der Waals surface area contributed by atoms with Crippen molar-refractivity contribution in [2.24, 2.45) is 11.8 Å². The third kappa shape index (κ3) is 6.98. The molecule has 1 aliphatic heterocycles. The van der Waals surface area contributed by atoms with Gasteiger partial charge in [-0.2, -0.15) is 0 Å². The molecular formula is C19H37N3O2. The minimum absolute atomic E-state index is 0.139. The molecular weight excluding hydrogens is 302 g/mol. The second-order valence-electron chi connectivity index (χ2n) is 8.91. The number of carbonyl (C=O) groups excluding carboxylic acids is 1. The number of amides is 1. The number of rotatable bonds is 8. The van der Waals surface area contributed by atoms with E-state index in [-0.39, 0.29) is 6.09 Å². The number of nitrogens with one attached hydrogen (secondary N) is 1. The highest BCUT2D eigenvalue weighted by atomic mass is 16.6. The molecule has 1 atom stereocenters. The number of ether oxygens (including phenoxy) is 1. The fraction of sp³-hybridized carbons (Fsp3) is 0.947. The summed E-state index contributed by atoms with van der Waals surface area (Å²) in [5.74, 6) is 1.46. The maximum atomic E-state index is 12.4. The third-order valence-corrected chi connectivity index (χ3v) is 4.63. The summed E-state index contributed by atoms with van der Waals surface area (Å²) in [6.45, 7) is 16.6. The Bertz CT molecular complexity index is 402. The van der Waals surface area contributed by atoms with Crippen LogP contribution >= 0.6 is 0 Å². The van der Waals surface area contributed by atoms with Crippen LogP contribution in [0, 0.1) is 11.8 Å². The van der Waals surface area contributed by atoms with Crippen molar-refractivity contribution in [2.75, 3.05) is 39.3 Å². The zero-order valence-electron chi connectivity index (χ0n) is 16.3. The molecule has 0 aromatic carbocycles. The van der Waals surface area contributed by atoms with Crippen LogP contribution in [0.3, 0.4) is 0 Å². The summed E-state index contributed by atoms with van der Waals surface area (Å²) in [7, 11) is 0. The Morgan fingerprint density at radius 3 is 2.58 bits per heavy atom. The predicted molar refractivity (Wildman–Crippen MR) is 98.2 cm³/mol. The second kappa shape index (κ2) is 8.52. The maximum absolute atomic E-state index is 12.4. The highest BCUT2D eigenvalue weighted by Crippen LogP contribution is 2.28. The van der Waals surface area contributed by atoms with Gasteiger partial charge in [-0.3, -0.25) is 0 Å². The molecule has 1 saturated carbocycles. The molecule has 1 N–H and O–H groups in total. The van der Waals surface area contributed by atoms with Crippen LogP contribution in [0.4, 0.5) is 4.79 Å². The molecule has 140 valence electrons. The van der Waals surface area contributed by atoms with Crippen LogP contribution in [0.15, 0.2) is 0 Å². The first-order chi connectivity index (χ1) is 11.2. The summed E-state index contributed by atoms with van der Waals surface area (Å²) in [4.78, 5) is 16.8. The van der Waals surface area contributed by atoms with Gasteiger partial charge in [0.1, 0.15) is 5.60 Å². The molecule has 0 aromatic rings. The highest BCUT2D eigenvalue weighted by Gasteiger charge is 2.35. The summed E-state index contributed by atoms with van der Waals surface area (Å²) >= 11 is 0. The molecule has 1 heterocycles. The highest BCUT2D eigenvalue weighted by molar-refractivity contribution is 5.69. The number of nitrogens with zero attached hydrogens (tertiary/aromatic N) is 2. The number of hydrogen-bond donors (Lipinski definition) is 1. The van der Waals surface area contributed by atoms with E-state index in [0.717, 1.165) is 58.0 Å². The minimum Gasteiger partial charge on any atom is -0.444 e. The molecule has 2 rings (SSSR count). The van der Waals surface area contributed by atoms with Crippen molar-refractivity contribution in [2.45, 2.75) is 65.5 Å². The monoisotopic (exact) mass is 339 g/mol. The average molecular weight is 340 g/mol. The molecule has 0 spiro atoms. The van der Waals surface area contributed by atoms with E-state index in [4.69, 9.17) is 4.74 Å². The molecule has 0 radical (unpaired) electrons. The van der Waals surface area contributed by atoms with E-state index < -0.39 is 5.60 Å². The molecule has 2 fully saturated rings. The van der Waals surface area contributed by atoms with Crippen LogP contribution in [0.5, 0.6) is 0 Å². The van der Waals surface area contributed by atoms with Crippen molar-refractivity contribution in [3.63, 3.8) is 0 Å². The lowest BCUT2D eigenvalue weighted by Gasteiger charge is -2.29. The van der Waals surface area contributed by atoms with E-state index in [0.29, 0.717) is 12.0 Å². The van der Waals surface area contributed by atoms with Crippen LogP contribution in [-0.4, -0.2) is 66.8 Å². The Morgan fingerprint density at radius 1 is 1.29 bits per heavy atom. The molecule has 1 saturated heterocycles. The van der Waals surface area contributed by atoms with Gasteiger partial charge in [0.15, 0.2) is 0 Å². The molecule has 1 aliphatic carbocycles. The van der Waals surface area contributed by atoms with Crippen molar-refractivity contribution >= 4 is 6.09 Å². The number of carbonyl (C=O) groups is 1. The van der Waals surface area contributed by atoms with Gasteiger partial charge in [-0.15, -0.1) is 0 Å². The molecule has 1 amide bonds. The Kier molecular flexibility index (Phi) is 6.93. The largest absolute Gasteiger partial charge is 0.444 e. The van der Waals surface area contributed by atoms with E-state index in [1.807, 2.05) is 25.7 Å². The van der Waals surface area contributed by atoms with Gasteiger partial charge in [0.2, 0.25) is 0 Å². The summed E-state index contributed by atoms with van der Waals surface area (Å²) in [5.41, 5.74) is -0.412. The van der Waals surface area contributed by atoms with Crippen LogP contribution in [-0.2, 0) is 4.74 Å². The second-order valence-corrected chi connectivity index (χ2v) is 8.91. The zero-order valence-corrected chi connectivity index (χ0v) is 16.3. The van der Waals surface area contributed by atoms with Crippen LogP contribution in [0.25, 0.3) is 0 Å². The molecule has 5 nitrogen and oxygen atoms in total. The van der Waals surface area contributed by atoms with E-state index in [9.17, 15) is 4.79 Å². The quantitative estimate of drug-likeness (QED) is 0.738. The van der Waals surface area contributed by atoms with Crippen molar-refractivity contribution in [3.8, 4) is 0 Å². The van der Waals surface area contributed by atoms with Crippen molar-refractivity contribution in [1.82, 2.24) is 15.1 Å². The standard InChI is InChI=1S/C19H37N3O2/c1-15(2)12-20-13-16-8-9-21(14-16)10-11-22(17-6-7-17)18(23)24-19(3,4)5/h15-17,20H,6-14H2,1-5H3. The fourth-order valence-corrected chi connectivity index (χ4v) is 3.24. The normalized spacial score (nSPS) is 22.2. The predicted octanol–water partition coefficient (Wildman–Crippen LogP) is 2.95. The smallest absolute Gasteiger partial charge is 0.410 e. The summed E-state index contributed by atoms with van der Waals surface area (Å²) in [6, 6.07) is 0.408. The lowest BCUT2D eigenvalue weighted by molar-refractivity contribution is 0.0219. The molecule has 0 bridgehead atoms. The van der Waals surface area contributed by atoms with Gasteiger partial charge in [0.25, 0.3) is 0 Å².